The number of likely N-dealkylation sites (tertiary alicyclic amines) is 1. The fourth-order valence-electron chi connectivity index (χ4n) is 4.33. The molecule has 0 aromatic carbocycles. The van der Waals surface area contributed by atoms with E-state index in [1.54, 1.807) is 13.8 Å². The largest absolute Gasteiger partial charge is 0.360 e. The average Bonchev–Trinajstić information content (AvgIpc) is 3.15. The van der Waals surface area contributed by atoms with Crippen LogP contribution in [-0.2, 0) is 14.8 Å². The van der Waals surface area contributed by atoms with Gasteiger partial charge in [0.05, 0.1) is 5.41 Å². The molecule has 0 unspecified atom stereocenters. The molecule has 0 radical (unpaired) electrons. The van der Waals surface area contributed by atoms with Crippen molar-refractivity contribution in [1.29, 1.82) is 0 Å². The third-order valence-electron chi connectivity index (χ3n) is 5.88. The molecule has 0 bridgehead atoms. The quantitative estimate of drug-likeness (QED) is 0.809. The molecule has 1 atom stereocenters. The van der Waals surface area contributed by atoms with E-state index in [1.807, 2.05) is 4.90 Å². The summed E-state index contributed by atoms with van der Waals surface area (Å²) in [6.45, 7) is 5.57. The first-order valence-corrected chi connectivity index (χ1v) is 10.5. The molecule has 3 fully saturated rings. The summed E-state index contributed by atoms with van der Waals surface area (Å²) < 4.78 is 32.6. The minimum absolute atomic E-state index is 0.155. The monoisotopic (exact) mass is 367 g/mol. The van der Waals surface area contributed by atoms with Gasteiger partial charge in [-0.1, -0.05) is 5.16 Å². The molecule has 2 aliphatic heterocycles. The second kappa shape index (κ2) is 5.81. The first kappa shape index (κ1) is 17.0. The van der Waals surface area contributed by atoms with Crippen LogP contribution in [0.4, 0.5) is 0 Å². The molecule has 4 rings (SSSR count). The zero-order valence-corrected chi connectivity index (χ0v) is 15.6. The van der Waals surface area contributed by atoms with Crippen LogP contribution >= 0.6 is 0 Å². The summed E-state index contributed by atoms with van der Waals surface area (Å²) in [6, 6.07) is 0. The fourth-order valence-corrected chi connectivity index (χ4v) is 6.15. The second-order valence-electron chi connectivity index (χ2n) is 7.82. The Morgan fingerprint density at radius 1 is 1.24 bits per heavy atom. The van der Waals surface area contributed by atoms with Crippen molar-refractivity contribution >= 4 is 15.9 Å². The lowest BCUT2D eigenvalue weighted by Gasteiger charge is -2.39. The van der Waals surface area contributed by atoms with Crippen LogP contribution in [0.3, 0.4) is 0 Å². The van der Waals surface area contributed by atoms with Crippen LogP contribution in [0.2, 0.25) is 0 Å². The number of carbonyl (C=O) groups is 1. The summed E-state index contributed by atoms with van der Waals surface area (Å²) in [4.78, 5) is 15.2. The van der Waals surface area contributed by atoms with Gasteiger partial charge in [-0.05, 0) is 51.9 Å². The van der Waals surface area contributed by atoms with Gasteiger partial charge in [-0.15, -0.1) is 0 Å². The number of nitrogens with zero attached hydrogens (tertiary/aromatic N) is 3. The summed E-state index contributed by atoms with van der Waals surface area (Å²) in [5.41, 5.74) is -0.164. The Hall–Kier alpha value is -1.41. The van der Waals surface area contributed by atoms with Gasteiger partial charge in [0.1, 0.15) is 10.6 Å². The van der Waals surface area contributed by atoms with Gasteiger partial charge in [-0.3, -0.25) is 4.79 Å². The van der Waals surface area contributed by atoms with E-state index in [-0.39, 0.29) is 17.3 Å². The third kappa shape index (κ3) is 2.79. The summed E-state index contributed by atoms with van der Waals surface area (Å²) in [5.74, 6) is 1.12. The van der Waals surface area contributed by atoms with Crippen molar-refractivity contribution in [1.82, 2.24) is 14.4 Å². The minimum Gasteiger partial charge on any atom is -0.360 e. The van der Waals surface area contributed by atoms with Crippen molar-refractivity contribution < 1.29 is 17.7 Å². The lowest BCUT2D eigenvalue weighted by Crippen LogP contribution is -2.50. The Morgan fingerprint density at radius 3 is 2.64 bits per heavy atom. The number of piperidine rings is 1. The van der Waals surface area contributed by atoms with E-state index in [1.165, 1.54) is 17.1 Å². The third-order valence-corrected chi connectivity index (χ3v) is 7.97. The number of carbonyl (C=O) groups excluding carboxylic acids is 1. The molecule has 3 heterocycles. The fraction of sp³-hybridized carbons (Fsp3) is 0.765. The number of rotatable bonds is 4. The van der Waals surface area contributed by atoms with Crippen LogP contribution in [0.25, 0.3) is 0 Å². The van der Waals surface area contributed by atoms with Gasteiger partial charge >= 0.3 is 0 Å². The smallest absolute Gasteiger partial charge is 0.248 e. The molecular weight excluding hydrogens is 342 g/mol. The Balaban J connectivity index is 1.56. The summed E-state index contributed by atoms with van der Waals surface area (Å²) in [7, 11) is -3.68. The van der Waals surface area contributed by atoms with E-state index in [2.05, 4.69) is 5.16 Å². The molecule has 0 N–H and O–H groups in total. The number of hydrogen-bond acceptors (Lipinski definition) is 5. The van der Waals surface area contributed by atoms with Gasteiger partial charge < -0.3 is 9.42 Å². The van der Waals surface area contributed by atoms with Crippen molar-refractivity contribution in [3.8, 4) is 0 Å². The van der Waals surface area contributed by atoms with Crippen LogP contribution in [-0.4, -0.2) is 54.9 Å². The van der Waals surface area contributed by atoms with Crippen molar-refractivity contribution in [3.05, 3.63) is 11.5 Å². The Bertz CT molecular complexity index is 779. The van der Waals surface area contributed by atoms with Crippen molar-refractivity contribution in [3.63, 3.8) is 0 Å². The molecule has 1 aliphatic carbocycles. The van der Waals surface area contributed by atoms with Crippen LogP contribution in [0.1, 0.15) is 43.6 Å². The molecule has 1 saturated carbocycles. The SMILES string of the molecule is Cc1noc(C)c1S(=O)(=O)N1CC[C@]2(CCCN(CC3CC3)C2=O)C1. The average molecular weight is 367 g/mol. The van der Waals surface area contributed by atoms with E-state index >= 15 is 0 Å². The maximum atomic E-state index is 13.1. The molecule has 138 valence electrons. The second-order valence-corrected chi connectivity index (χ2v) is 9.70. The van der Waals surface area contributed by atoms with Gasteiger partial charge in [0.2, 0.25) is 15.9 Å². The van der Waals surface area contributed by atoms with E-state index in [0.29, 0.717) is 30.3 Å². The minimum atomic E-state index is -3.68. The Kier molecular flexibility index (Phi) is 3.95. The standard InChI is InChI=1S/C17H25N3O4S/c1-12-15(13(2)24-18-12)25(22,23)20-9-7-17(11-20)6-3-8-19(16(17)21)10-14-4-5-14/h14H,3-11H2,1-2H3/t17-/m1/s1. The molecule has 1 aromatic heterocycles. The van der Waals surface area contributed by atoms with E-state index in [4.69, 9.17) is 4.52 Å². The van der Waals surface area contributed by atoms with Crippen molar-refractivity contribution in [2.45, 2.75) is 50.8 Å². The molecule has 3 aliphatic rings. The highest BCUT2D eigenvalue weighted by atomic mass is 32.2. The van der Waals surface area contributed by atoms with Crippen LogP contribution in [0.15, 0.2) is 9.42 Å². The summed E-state index contributed by atoms with van der Waals surface area (Å²) in [6.07, 6.45) is 4.76. The number of aryl methyl sites for hydroxylation is 2. The molecular formula is C17H25N3O4S. The van der Waals surface area contributed by atoms with E-state index < -0.39 is 15.4 Å². The van der Waals surface area contributed by atoms with E-state index in [0.717, 1.165) is 25.9 Å². The van der Waals surface area contributed by atoms with Crippen LogP contribution < -0.4 is 0 Å². The number of aromatic nitrogens is 1. The molecule has 8 heteroatoms. The lowest BCUT2D eigenvalue weighted by atomic mass is 9.78. The summed E-state index contributed by atoms with van der Waals surface area (Å²) >= 11 is 0. The maximum Gasteiger partial charge on any atom is 0.248 e. The number of amides is 1. The molecule has 25 heavy (non-hydrogen) atoms. The first-order chi connectivity index (χ1) is 11.8. The predicted molar refractivity (Wildman–Crippen MR) is 90.3 cm³/mol. The Morgan fingerprint density at radius 2 is 2.00 bits per heavy atom. The topological polar surface area (TPSA) is 83.7 Å². The first-order valence-electron chi connectivity index (χ1n) is 9.06. The Labute approximate surface area is 148 Å². The molecule has 1 spiro atoms. The summed E-state index contributed by atoms with van der Waals surface area (Å²) in [5, 5.41) is 3.77. The highest BCUT2D eigenvalue weighted by Gasteiger charge is 2.52. The van der Waals surface area contributed by atoms with Gasteiger partial charge in [0.25, 0.3) is 0 Å². The zero-order valence-electron chi connectivity index (χ0n) is 14.8. The van der Waals surface area contributed by atoms with Crippen LogP contribution in [0.5, 0.6) is 0 Å². The van der Waals surface area contributed by atoms with Crippen molar-refractivity contribution in [2.75, 3.05) is 26.2 Å². The lowest BCUT2D eigenvalue weighted by molar-refractivity contribution is -0.145. The van der Waals surface area contributed by atoms with Crippen LogP contribution in [0, 0.1) is 25.2 Å². The molecule has 7 nitrogen and oxygen atoms in total. The maximum absolute atomic E-state index is 13.1. The molecule has 1 aromatic rings. The predicted octanol–water partition coefficient (Wildman–Crippen LogP) is 1.70. The number of hydrogen-bond donors (Lipinski definition) is 0. The van der Waals surface area contributed by atoms with Gasteiger partial charge in [-0.25, -0.2) is 8.42 Å². The highest BCUT2D eigenvalue weighted by molar-refractivity contribution is 7.89. The zero-order chi connectivity index (χ0) is 17.8. The van der Waals surface area contributed by atoms with Gasteiger partial charge in [0, 0.05) is 26.2 Å². The van der Waals surface area contributed by atoms with Crippen molar-refractivity contribution in [2.24, 2.45) is 11.3 Å². The highest BCUT2D eigenvalue weighted by Crippen LogP contribution is 2.43. The van der Waals surface area contributed by atoms with E-state index in [9.17, 15) is 13.2 Å². The molecule has 1 amide bonds. The molecule has 2 saturated heterocycles. The normalized spacial score (nSPS) is 28.2. The van der Waals surface area contributed by atoms with Gasteiger partial charge in [0.15, 0.2) is 5.76 Å². The number of sulfonamides is 1. The van der Waals surface area contributed by atoms with Gasteiger partial charge in [-0.2, -0.15) is 4.31 Å².